The van der Waals surface area contributed by atoms with Crippen LogP contribution in [0.15, 0.2) is 0 Å². The van der Waals surface area contributed by atoms with E-state index >= 15 is 0 Å². The Labute approximate surface area is 107 Å². The summed E-state index contributed by atoms with van der Waals surface area (Å²) in [6, 6.07) is 1.33. The Bertz CT molecular complexity index is 239. The predicted octanol–water partition coefficient (Wildman–Crippen LogP) is 3.50. The van der Waals surface area contributed by atoms with Gasteiger partial charge in [0.05, 0.1) is 6.10 Å². The van der Waals surface area contributed by atoms with Crippen LogP contribution in [-0.2, 0) is 4.74 Å². The van der Waals surface area contributed by atoms with Crippen molar-refractivity contribution in [3.05, 3.63) is 0 Å². The summed E-state index contributed by atoms with van der Waals surface area (Å²) in [4.78, 5) is 0. The van der Waals surface area contributed by atoms with Gasteiger partial charge in [0, 0.05) is 19.2 Å². The summed E-state index contributed by atoms with van der Waals surface area (Å²) in [5.74, 6) is 0. The van der Waals surface area contributed by atoms with Crippen LogP contribution >= 0.6 is 0 Å². The SMILES string of the molecule is COC1CCCCC1NC1CCCC(C)(C)C1. The largest absolute Gasteiger partial charge is 0.380 e. The molecule has 17 heavy (non-hydrogen) atoms. The predicted molar refractivity (Wildman–Crippen MR) is 72.2 cm³/mol. The van der Waals surface area contributed by atoms with E-state index in [2.05, 4.69) is 19.2 Å². The van der Waals surface area contributed by atoms with Gasteiger partial charge in [0.15, 0.2) is 0 Å². The highest BCUT2D eigenvalue weighted by Gasteiger charge is 2.32. The van der Waals surface area contributed by atoms with Crippen LogP contribution < -0.4 is 5.32 Å². The lowest BCUT2D eigenvalue weighted by Crippen LogP contribution is -2.49. The van der Waals surface area contributed by atoms with Crippen LogP contribution in [0, 0.1) is 5.41 Å². The molecule has 2 fully saturated rings. The van der Waals surface area contributed by atoms with Crippen molar-refractivity contribution in [2.75, 3.05) is 7.11 Å². The number of rotatable bonds is 3. The van der Waals surface area contributed by atoms with Crippen LogP contribution in [-0.4, -0.2) is 25.3 Å². The molecule has 2 heteroatoms. The second kappa shape index (κ2) is 5.71. The molecule has 2 nitrogen and oxygen atoms in total. The normalized spacial score (nSPS) is 37.9. The van der Waals surface area contributed by atoms with Gasteiger partial charge in [0.2, 0.25) is 0 Å². The summed E-state index contributed by atoms with van der Waals surface area (Å²) in [6.45, 7) is 4.82. The minimum atomic E-state index is 0.453. The number of hydrogen-bond donors (Lipinski definition) is 1. The van der Waals surface area contributed by atoms with Crippen molar-refractivity contribution in [2.24, 2.45) is 5.41 Å². The quantitative estimate of drug-likeness (QED) is 0.814. The lowest BCUT2D eigenvalue weighted by atomic mass is 9.74. The summed E-state index contributed by atoms with van der Waals surface area (Å²) in [6.07, 6.45) is 11.2. The van der Waals surface area contributed by atoms with E-state index in [1.807, 2.05) is 7.11 Å². The van der Waals surface area contributed by atoms with Gasteiger partial charge >= 0.3 is 0 Å². The van der Waals surface area contributed by atoms with Crippen LogP contribution in [0.1, 0.15) is 65.2 Å². The Kier molecular flexibility index (Phi) is 4.48. The summed E-state index contributed by atoms with van der Waals surface area (Å²) >= 11 is 0. The average Bonchev–Trinajstić information content (AvgIpc) is 2.28. The van der Waals surface area contributed by atoms with Crippen molar-refractivity contribution < 1.29 is 4.74 Å². The smallest absolute Gasteiger partial charge is 0.0724 e. The maximum atomic E-state index is 5.63. The van der Waals surface area contributed by atoms with Gasteiger partial charge in [-0.05, 0) is 37.5 Å². The van der Waals surface area contributed by atoms with Crippen molar-refractivity contribution >= 4 is 0 Å². The molecule has 2 rings (SSSR count). The minimum absolute atomic E-state index is 0.453. The number of ether oxygens (including phenoxy) is 1. The molecule has 0 bridgehead atoms. The third-order valence-electron chi connectivity index (χ3n) is 4.66. The average molecular weight is 239 g/mol. The first-order valence-electron chi connectivity index (χ1n) is 7.39. The molecular weight excluding hydrogens is 210 g/mol. The van der Waals surface area contributed by atoms with Crippen molar-refractivity contribution in [3.8, 4) is 0 Å². The summed E-state index contributed by atoms with van der Waals surface area (Å²) in [7, 11) is 1.87. The molecule has 0 heterocycles. The van der Waals surface area contributed by atoms with Crippen molar-refractivity contribution in [2.45, 2.75) is 83.4 Å². The fourth-order valence-electron chi connectivity index (χ4n) is 3.71. The molecular formula is C15H29NO. The Morgan fingerprint density at radius 2 is 1.82 bits per heavy atom. The molecule has 0 spiro atoms. The minimum Gasteiger partial charge on any atom is -0.380 e. The first-order valence-corrected chi connectivity index (χ1v) is 7.39. The van der Waals surface area contributed by atoms with E-state index < -0.39 is 0 Å². The third-order valence-corrected chi connectivity index (χ3v) is 4.66. The molecule has 0 aromatic carbocycles. The van der Waals surface area contributed by atoms with Gasteiger partial charge in [-0.1, -0.05) is 33.1 Å². The summed E-state index contributed by atoms with van der Waals surface area (Å²) in [5.41, 5.74) is 0.535. The second-order valence-corrected chi connectivity index (χ2v) is 6.79. The molecule has 0 aromatic heterocycles. The lowest BCUT2D eigenvalue weighted by Gasteiger charge is -2.40. The maximum absolute atomic E-state index is 5.63. The maximum Gasteiger partial charge on any atom is 0.0724 e. The Morgan fingerprint density at radius 3 is 2.53 bits per heavy atom. The van der Waals surface area contributed by atoms with Crippen LogP contribution in [0.3, 0.4) is 0 Å². The van der Waals surface area contributed by atoms with Gasteiger partial charge in [-0.25, -0.2) is 0 Å². The zero-order valence-electron chi connectivity index (χ0n) is 11.8. The highest BCUT2D eigenvalue weighted by atomic mass is 16.5. The fourth-order valence-corrected chi connectivity index (χ4v) is 3.71. The molecule has 0 aromatic rings. The first kappa shape index (κ1) is 13.4. The standard InChI is InChI=1S/C15H29NO/c1-15(2)10-6-7-12(11-15)16-13-8-4-5-9-14(13)17-3/h12-14,16H,4-11H2,1-3H3. The Hall–Kier alpha value is -0.0800. The van der Waals surface area contributed by atoms with E-state index in [0.717, 1.165) is 6.04 Å². The van der Waals surface area contributed by atoms with Gasteiger partial charge in [0.1, 0.15) is 0 Å². The van der Waals surface area contributed by atoms with Crippen LogP contribution in [0.2, 0.25) is 0 Å². The molecule has 1 N–H and O–H groups in total. The molecule has 0 saturated heterocycles. The molecule has 3 unspecified atom stereocenters. The number of methoxy groups -OCH3 is 1. The molecule has 100 valence electrons. The van der Waals surface area contributed by atoms with Gasteiger partial charge in [-0.15, -0.1) is 0 Å². The van der Waals surface area contributed by atoms with E-state index in [1.54, 1.807) is 0 Å². The van der Waals surface area contributed by atoms with Crippen molar-refractivity contribution in [3.63, 3.8) is 0 Å². The topological polar surface area (TPSA) is 21.3 Å². The number of nitrogens with one attached hydrogen (secondary N) is 1. The third kappa shape index (κ3) is 3.69. The van der Waals surface area contributed by atoms with Gasteiger partial charge in [0.25, 0.3) is 0 Å². The van der Waals surface area contributed by atoms with Crippen LogP contribution in [0.25, 0.3) is 0 Å². The van der Waals surface area contributed by atoms with Crippen molar-refractivity contribution in [1.29, 1.82) is 0 Å². The lowest BCUT2D eigenvalue weighted by molar-refractivity contribution is 0.0319. The van der Waals surface area contributed by atoms with Crippen molar-refractivity contribution in [1.82, 2.24) is 5.32 Å². The molecule has 2 aliphatic carbocycles. The molecule has 0 radical (unpaired) electrons. The molecule has 0 aliphatic heterocycles. The van der Waals surface area contributed by atoms with E-state index in [4.69, 9.17) is 4.74 Å². The molecule has 2 aliphatic rings. The van der Waals surface area contributed by atoms with Gasteiger partial charge < -0.3 is 10.1 Å². The fraction of sp³-hybridized carbons (Fsp3) is 1.00. The van der Waals surface area contributed by atoms with Crippen LogP contribution in [0.5, 0.6) is 0 Å². The molecule has 3 atom stereocenters. The zero-order chi connectivity index (χ0) is 12.3. The van der Waals surface area contributed by atoms with Crippen LogP contribution in [0.4, 0.5) is 0 Å². The van der Waals surface area contributed by atoms with E-state index in [0.29, 0.717) is 17.6 Å². The van der Waals surface area contributed by atoms with E-state index in [9.17, 15) is 0 Å². The van der Waals surface area contributed by atoms with Gasteiger partial charge in [-0.2, -0.15) is 0 Å². The molecule has 2 saturated carbocycles. The summed E-state index contributed by atoms with van der Waals surface area (Å²) < 4.78 is 5.63. The Balaban J connectivity index is 1.86. The highest BCUT2D eigenvalue weighted by Crippen LogP contribution is 2.36. The first-order chi connectivity index (χ1) is 8.11. The zero-order valence-corrected chi connectivity index (χ0v) is 11.8. The number of hydrogen-bond acceptors (Lipinski definition) is 2. The Morgan fingerprint density at radius 1 is 1.06 bits per heavy atom. The van der Waals surface area contributed by atoms with E-state index in [-0.39, 0.29) is 0 Å². The van der Waals surface area contributed by atoms with Gasteiger partial charge in [-0.3, -0.25) is 0 Å². The van der Waals surface area contributed by atoms with E-state index in [1.165, 1.54) is 51.4 Å². The summed E-state index contributed by atoms with van der Waals surface area (Å²) in [5, 5.41) is 3.89. The molecule has 0 amide bonds. The monoisotopic (exact) mass is 239 g/mol. The second-order valence-electron chi connectivity index (χ2n) is 6.79. The highest BCUT2D eigenvalue weighted by molar-refractivity contribution is 4.89.